The highest BCUT2D eigenvalue weighted by Crippen LogP contribution is 2.22. The highest BCUT2D eigenvalue weighted by molar-refractivity contribution is 5.57. The first-order chi connectivity index (χ1) is 10.9. The molecule has 0 saturated heterocycles. The Hall–Kier alpha value is -2.13. The molecule has 0 radical (unpaired) electrons. The van der Waals surface area contributed by atoms with E-state index in [2.05, 4.69) is 24.2 Å². The van der Waals surface area contributed by atoms with E-state index in [9.17, 15) is 0 Å². The van der Waals surface area contributed by atoms with Crippen LogP contribution in [-0.4, -0.2) is 12.8 Å². The van der Waals surface area contributed by atoms with E-state index in [1.807, 2.05) is 48.5 Å². The van der Waals surface area contributed by atoms with Gasteiger partial charge in [0.05, 0.1) is 19.4 Å². The molecule has 0 aromatic heterocycles. The number of hydrogen-bond acceptors (Lipinski definition) is 3. The predicted octanol–water partition coefficient (Wildman–Crippen LogP) is 4.75. The lowest BCUT2D eigenvalue weighted by Gasteiger charge is -2.14. The van der Waals surface area contributed by atoms with Crippen molar-refractivity contribution in [3.8, 4) is 0 Å². The van der Waals surface area contributed by atoms with Crippen LogP contribution < -0.4 is 0 Å². The van der Waals surface area contributed by atoms with Crippen LogP contribution in [0.2, 0.25) is 0 Å². The third kappa shape index (κ3) is 5.70. The van der Waals surface area contributed by atoms with E-state index in [0.29, 0.717) is 13.2 Å². The fourth-order valence-corrected chi connectivity index (χ4v) is 2.16. The quantitative estimate of drug-likeness (QED) is 0.380. The Morgan fingerprint density at radius 1 is 1.00 bits per heavy atom. The molecule has 116 valence electrons. The van der Waals surface area contributed by atoms with Crippen LogP contribution in [0.1, 0.15) is 37.0 Å². The second-order valence-corrected chi connectivity index (χ2v) is 5.08. The van der Waals surface area contributed by atoms with E-state index < -0.39 is 0 Å². The van der Waals surface area contributed by atoms with Gasteiger partial charge in [-0.3, -0.25) is 0 Å². The van der Waals surface area contributed by atoms with Gasteiger partial charge in [0.15, 0.2) is 6.10 Å². The lowest BCUT2D eigenvalue weighted by molar-refractivity contribution is 0.0504. The van der Waals surface area contributed by atoms with Gasteiger partial charge < -0.3 is 9.57 Å². The molecule has 0 fully saturated rings. The smallest absolute Gasteiger partial charge is 0.152 e. The Labute approximate surface area is 132 Å². The molecule has 0 saturated carbocycles. The van der Waals surface area contributed by atoms with Crippen LogP contribution in [0.5, 0.6) is 0 Å². The summed E-state index contributed by atoms with van der Waals surface area (Å²) in [5.74, 6) is 0. The molecule has 3 heteroatoms. The first-order valence-corrected chi connectivity index (χ1v) is 7.74. The molecule has 2 aromatic carbocycles. The third-order valence-electron chi connectivity index (χ3n) is 3.29. The van der Waals surface area contributed by atoms with Crippen molar-refractivity contribution in [3.05, 3.63) is 71.8 Å². The Morgan fingerprint density at radius 2 is 1.68 bits per heavy atom. The fraction of sp³-hybridized carbons (Fsp3) is 0.316. The Balaban J connectivity index is 1.73. The third-order valence-corrected chi connectivity index (χ3v) is 3.29. The number of hydrogen-bond donors (Lipinski definition) is 0. The summed E-state index contributed by atoms with van der Waals surface area (Å²) in [6, 6.07) is 20.3. The molecule has 2 rings (SSSR count). The summed E-state index contributed by atoms with van der Waals surface area (Å²) in [5.41, 5.74) is 2.32. The van der Waals surface area contributed by atoms with Crippen LogP contribution in [0, 0.1) is 0 Å². The van der Waals surface area contributed by atoms with Gasteiger partial charge in [0.25, 0.3) is 0 Å². The summed E-state index contributed by atoms with van der Waals surface area (Å²) in [6.07, 6.45) is 3.69. The maximum absolute atomic E-state index is 5.61. The molecule has 0 spiro atoms. The fourth-order valence-electron chi connectivity index (χ4n) is 2.16. The van der Waals surface area contributed by atoms with Crippen LogP contribution >= 0.6 is 0 Å². The lowest BCUT2D eigenvalue weighted by atomic mass is 10.1. The maximum Gasteiger partial charge on any atom is 0.152 e. The molecule has 0 aliphatic heterocycles. The Morgan fingerprint density at radius 3 is 2.36 bits per heavy atom. The molecule has 0 bridgehead atoms. The number of oxime groups is 1. The summed E-state index contributed by atoms with van der Waals surface area (Å²) in [5, 5.41) is 4.05. The first kappa shape index (κ1) is 16.2. The van der Waals surface area contributed by atoms with Gasteiger partial charge in [0, 0.05) is 0 Å². The molecule has 22 heavy (non-hydrogen) atoms. The van der Waals surface area contributed by atoms with Crippen molar-refractivity contribution in [2.24, 2.45) is 5.16 Å². The van der Waals surface area contributed by atoms with Crippen LogP contribution in [0.15, 0.2) is 65.8 Å². The number of rotatable bonds is 9. The van der Waals surface area contributed by atoms with E-state index in [1.165, 1.54) is 0 Å². The normalized spacial score (nSPS) is 12.4. The molecular weight excluding hydrogens is 274 g/mol. The molecular formula is C19H23NO2. The van der Waals surface area contributed by atoms with E-state index in [4.69, 9.17) is 9.57 Å². The van der Waals surface area contributed by atoms with Gasteiger partial charge in [-0.2, -0.15) is 0 Å². The summed E-state index contributed by atoms with van der Waals surface area (Å²) >= 11 is 0. The number of benzene rings is 2. The topological polar surface area (TPSA) is 30.8 Å². The van der Waals surface area contributed by atoms with Crippen molar-refractivity contribution < 1.29 is 9.57 Å². The molecule has 3 nitrogen and oxygen atoms in total. The molecule has 0 N–H and O–H groups in total. The molecule has 0 heterocycles. The zero-order valence-corrected chi connectivity index (χ0v) is 13.0. The monoisotopic (exact) mass is 297 g/mol. The zero-order chi connectivity index (χ0) is 15.5. The minimum atomic E-state index is 0.0107. The molecule has 2 aromatic rings. The van der Waals surface area contributed by atoms with Crippen LogP contribution in [-0.2, 0) is 16.2 Å². The molecule has 0 amide bonds. The maximum atomic E-state index is 5.61. The van der Waals surface area contributed by atoms with Gasteiger partial charge in [-0.05, 0) is 17.5 Å². The van der Waals surface area contributed by atoms with Gasteiger partial charge >= 0.3 is 0 Å². The second-order valence-electron chi connectivity index (χ2n) is 5.08. The van der Waals surface area contributed by atoms with Crippen molar-refractivity contribution >= 4 is 6.21 Å². The van der Waals surface area contributed by atoms with Gasteiger partial charge in [-0.1, -0.05) is 79.2 Å². The van der Waals surface area contributed by atoms with E-state index >= 15 is 0 Å². The molecule has 0 unspecified atom stereocenters. The molecule has 1 atom stereocenters. The van der Waals surface area contributed by atoms with Crippen LogP contribution in [0.25, 0.3) is 0 Å². The van der Waals surface area contributed by atoms with Gasteiger partial charge in [0.1, 0.15) is 0 Å². The van der Waals surface area contributed by atoms with Crippen molar-refractivity contribution in [3.63, 3.8) is 0 Å². The van der Waals surface area contributed by atoms with Gasteiger partial charge in [-0.25, -0.2) is 0 Å². The SMILES string of the molecule is CCC[C@@H](O/N=C/COCc1ccccc1)c1ccccc1. The highest BCUT2D eigenvalue weighted by Gasteiger charge is 2.10. The first-order valence-electron chi connectivity index (χ1n) is 7.74. The minimum Gasteiger partial charge on any atom is -0.388 e. The highest BCUT2D eigenvalue weighted by atomic mass is 16.6. The van der Waals surface area contributed by atoms with E-state index in [-0.39, 0.29) is 6.10 Å². The van der Waals surface area contributed by atoms with E-state index in [1.54, 1.807) is 6.21 Å². The van der Waals surface area contributed by atoms with Gasteiger partial charge in [0.2, 0.25) is 0 Å². The standard InChI is InChI=1S/C19H23NO2/c1-2-9-19(18-12-7-4-8-13-18)22-20-14-15-21-16-17-10-5-3-6-11-17/h3-8,10-14,19H,2,9,15-16H2,1H3/b20-14+/t19-/m1/s1. The Bertz CT molecular complexity index is 540. The average Bonchev–Trinajstić information content (AvgIpc) is 2.58. The summed E-state index contributed by atoms with van der Waals surface area (Å²) in [6.45, 7) is 3.18. The van der Waals surface area contributed by atoms with Crippen molar-refractivity contribution in [1.82, 2.24) is 0 Å². The van der Waals surface area contributed by atoms with Crippen molar-refractivity contribution in [2.75, 3.05) is 6.61 Å². The number of ether oxygens (including phenoxy) is 1. The van der Waals surface area contributed by atoms with Crippen molar-refractivity contribution in [2.45, 2.75) is 32.5 Å². The lowest BCUT2D eigenvalue weighted by Crippen LogP contribution is -2.02. The second kappa shape index (κ2) is 9.74. The van der Waals surface area contributed by atoms with Crippen LogP contribution in [0.3, 0.4) is 0 Å². The number of nitrogens with zero attached hydrogens (tertiary/aromatic N) is 1. The predicted molar refractivity (Wildman–Crippen MR) is 89.8 cm³/mol. The summed E-state index contributed by atoms with van der Waals surface area (Å²) < 4.78 is 5.54. The summed E-state index contributed by atoms with van der Waals surface area (Å²) in [4.78, 5) is 5.61. The van der Waals surface area contributed by atoms with Crippen molar-refractivity contribution in [1.29, 1.82) is 0 Å². The average molecular weight is 297 g/mol. The molecule has 0 aliphatic rings. The van der Waals surface area contributed by atoms with Crippen LogP contribution in [0.4, 0.5) is 0 Å². The molecule has 0 aliphatic carbocycles. The summed E-state index contributed by atoms with van der Waals surface area (Å²) in [7, 11) is 0. The minimum absolute atomic E-state index is 0.0107. The van der Waals surface area contributed by atoms with E-state index in [0.717, 1.165) is 24.0 Å². The largest absolute Gasteiger partial charge is 0.388 e. The van der Waals surface area contributed by atoms with Gasteiger partial charge in [-0.15, -0.1) is 0 Å². The Kier molecular flexibility index (Phi) is 7.19. The zero-order valence-electron chi connectivity index (χ0n) is 13.0.